The Bertz CT molecular complexity index is 647. The zero-order valence-corrected chi connectivity index (χ0v) is 10.6. The number of hydrogen-bond acceptors (Lipinski definition) is 1. The molecule has 0 spiro atoms. The molecule has 0 saturated carbocycles. The first kappa shape index (κ1) is 12.2. The van der Waals surface area contributed by atoms with Crippen molar-refractivity contribution in [1.82, 2.24) is 5.32 Å². The Morgan fingerprint density at radius 2 is 2.00 bits per heavy atom. The zero-order chi connectivity index (χ0) is 13.0. The van der Waals surface area contributed by atoms with Crippen LogP contribution < -0.4 is 5.32 Å². The lowest BCUT2D eigenvalue weighted by molar-refractivity contribution is -0.118. The normalized spacial score (nSPS) is 9.67. The average Bonchev–Trinajstić information content (AvgIpc) is 2.36. The second kappa shape index (κ2) is 5.37. The lowest BCUT2D eigenvalue weighted by Gasteiger charge is -2.04. The van der Waals surface area contributed by atoms with E-state index in [1.165, 1.54) is 12.3 Å². The van der Waals surface area contributed by atoms with Gasteiger partial charge in [-0.15, -0.1) is 0 Å². The van der Waals surface area contributed by atoms with Gasteiger partial charge in [0.2, 0.25) is 5.91 Å². The molecule has 1 amide bonds. The summed E-state index contributed by atoms with van der Waals surface area (Å²) in [4.78, 5) is 10.8. The fraction of sp³-hybridized carbons (Fsp3) is 0.188. The highest BCUT2D eigenvalue weighted by atomic mass is 16.1. The van der Waals surface area contributed by atoms with Crippen LogP contribution in [0.15, 0.2) is 36.4 Å². The van der Waals surface area contributed by atoms with Crippen molar-refractivity contribution in [2.75, 3.05) is 6.54 Å². The van der Waals surface area contributed by atoms with Gasteiger partial charge in [-0.3, -0.25) is 4.79 Å². The Morgan fingerprint density at radius 3 is 2.78 bits per heavy atom. The molecule has 18 heavy (non-hydrogen) atoms. The Balaban J connectivity index is 2.37. The van der Waals surface area contributed by atoms with E-state index in [0.717, 1.165) is 16.5 Å². The summed E-state index contributed by atoms with van der Waals surface area (Å²) < 4.78 is 0. The second-order valence-corrected chi connectivity index (χ2v) is 4.19. The standard InChI is InChI=1S/C16H15NO/c1-12-9-10-14-6-3-4-7-16(14)15(12)8-5-11-17-13(2)18/h3-4,6-7,9-10H,11H2,1-2H3,(H,17,18). The third-order valence-corrected chi connectivity index (χ3v) is 2.78. The lowest BCUT2D eigenvalue weighted by Crippen LogP contribution is -2.19. The van der Waals surface area contributed by atoms with Crippen LogP contribution in [-0.4, -0.2) is 12.5 Å². The minimum absolute atomic E-state index is 0.0565. The number of amides is 1. The zero-order valence-electron chi connectivity index (χ0n) is 10.6. The maximum absolute atomic E-state index is 10.8. The molecule has 2 heteroatoms. The van der Waals surface area contributed by atoms with Gasteiger partial charge in [-0.1, -0.05) is 48.2 Å². The quantitative estimate of drug-likeness (QED) is 0.759. The van der Waals surface area contributed by atoms with E-state index in [9.17, 15) is 4.79 Å². The van der Waals surface area contributed by atoms with Crippen molar-refractivity contribution in [1.29, 1.82) is 0 Å². The van der Waals surface area contributed by atoms with Gasteiger partial charge < -0.3 is 5.32 Å². The Hall–Kier alpha value is -2.27. The molecule has 0 heterocycles. The molecule has 2 nitrogen and oxygen atoms in total. The smallest absolute Gasteiger partial charge is 0.217 e. The monoisotopic (exact) mass is 237 g/mol. The Kier molecular flexibility index (Phi) is 3.64. The number of aryl methyl sites for hydroxylation is 1. The minimum Gasteiger partial charge on any atom is -0.345 e. The third-order valence-electron chi connectivity index (χ3n) is 2.78. The van der Waals surface area contributed by atoms with Gasteiger partial charge in [0.15, 0.2) is 0 Å². The second-order valence-electron chi connectivity index (χ2n) is 4.19. The van der Waals surface area contributed by atoms with Crippen LogP contribution in [0.25, 0.3) is 10.8 Å². The molecule has 90 valence electrons. The predicted molar refractivity (Wildman–Crippen MR) is 74.2 cm³/mol. The molecule has 1 N–H and O–H groups in total. The van der Waals surface area contributed by atoms with Gasteiger partial charge in [0.05, 0.1) is 6.54 Å². The number of fused-ring (bicyclic) bond motifs is 1. The summed E-state index contributed by atoms with van der Waals surface area (Å²) in [6.45, 7) is 3.93. The molecule has 2 aromatic carbocycles. The summed E-state index contributed by atoms with van der Waals surface area (Å²) in [7, 11) is 0. The summed E-state index contributed by atoms with van der Waals surface area (Å²) >= 11 is 0. The van der Waals surface area contributed by atoms with E-state index in [2.05, 4.69) is 48.3 Å². The third kappa shape index (κ3) is 2.70. The van der Waals surface area contributed by atoms with Crippen LogP contribution in [0.1, 0.15) is 18.1 Å². The first-order chi connectivity index (χ1) is 8.68. The SMILES string of the molecule is CC(=O)NCC#Cc1c(C)ccc2ccccc12. The number of rotatable bonds is 1. The summed E-state index contributed by atoms with van der Waals surface area (Å²) in [6, 6.07) is 12.4. The molecule has 0 aliphatic carbocycles. The van der Waals surface area contributed by atoms with E-state index in [1.54, 1.807) is 0 Å². The van der Waals surface area contributed by atoms with E-state index in [4.69, 9.17) is 0 Å². The number of carbonyl (C=O) groups excluding carboxylic acids is 1. The van der Waals surface area contributed by atoms with Crippen molar-refractivity contribution in [3.05, 3.63) is 47.5 Å². The van der Waals surface area contributed by atoms with Crippen LogP contribution in [0, 0.1) is 18.8 Å². The number of benzene rings is 2. The molecular formula is C16H15NO. The highest BCUT2D eigenvalue weighted by molar-refractivity contribution is 5.89. The molecule has 0 fully saturated rings. The van der Waals surface area contributed by atoms with E-state index in [0.29, 0.717) is 6.54 Å². The topological polar surface area (TPSA) is 29.1 Å². The van der Waals surface area contributed by atoms with E-state index in [1.807, 2.05) is 12.1 Å². The summed E-state index contributed by atoms with van der Waals surface area (Å²) in [5.74, 6) is 6.07. The Morgan fingerprint density at radius 1 is 1.22 bits per heavy atom. The maximum Gasteiger partial charge on any atom is 0.217 e. The molecular weight excluding hydrogens is 222 g/mol. The van der Waals surface area contributed by atoms with E-state index >= 15 is 0 Å². The van der Waals surface area contributed by atoms with Crippen LogP contribution in [0.5, 0.6) is 0 Å². The minimum atomic E-state index is -0.0565. The van der Waals surface area contributed by atoms with Gasteiger partial charge in [0.1, 0.15) is 0 Å². The first-order valence-corrected chi connectivity index (χ1v) is 5.90. The molecule has 0 unspecified atom stereocenters. The molecule has 0 radical (unpaired) electrons. The summed E-state index contributed by atoms with van der Waals surface area (Å²) in [6.07, 6.45) is 0. The molecule has 0 aliphatic heterocycles. The molecule has 0 atom stereocenters. The fourth-order valence-electron chi connectivity index (χ4n) is 1.85. The van der Waals surface area contributed by atoms with Crippen molar-refractivity contribution < 1.29 is 4.79 Å². The maximum atomic E-state index is 10.8. The first-order valence-electron chi connectivity index (χ1n) is 5.90. The molecule has 0 bridgehead atoms. The molecule has 2 aromatic rings. The van der Waals surface area contributed by atoms with Gasteiger partial charge in [-0.25, -0.2) is 0 Å². The molecule has 0 saturated heterocycles. The van der Waals surface area contributed by atoms with Crippen molar-refractivity contribution in [2.24, 2.45) is 0 Å². The van der Waals surface area contributed by atoms with Crippen LogP contribution in [0.4, 0.5) is 0 Å². The van der Waals surface area contributed by atoms with Gasteiger partial charge in [-0.05, 0) is 23.3 Å². The van der Waals surface area contributed by atoms with Crippen LogP contribution in [0.3, 0.4) is 0 Å². The number of nitrogens with one attached hydrogen (secondary N) is 1. The molecule has 0 aliphatic rings. The van der Waals surface area contributed by atoms with Gasteiger partial charge in [-0.2, -0.15) is 0 Å². The van der Waals surface area contributed by atoms with Gasteiger partial charge >= 0.3 is 0 Å². The predicted octanol–water partition coefficient (Wildman–Crippen LogP) is 2.64. The summed E-state index contributed by atoms with van der Waals surface area (Å²) in [5.41, 5.74) is 2.20. The molecule has 2 rings (SSSR count). The van der Waals surface area contributed by atoms with Crippen LogP contribution in [0.2, 0.25) is 0 Å². The van der Waals surface area contributed by atoms with Crippen molar-refractivity contribution >= 4 is 16.7 Å². The number of carbonyl (C=O) groups is 1. The lowest BCUT2D eigenvalue weighted by atomic mass is 10.0. The largest absolute Gasteiger partial charge is 0.345 e. The molecule has 0 aromatic heterocycles. The van der Waals surface area contributed by atoms with Crippen LogP contribution >= 0.6 is 0 Å². The van der Waals surface area contributed by atoms with Gasteiger partial charge in [0.25, 0.3) is 0 Å². The van der Waals surface area contributed by atoms with E-state index in [-0.39, 0.29) is 5.91 Å². The fourth-order valence-corrected chi connectivity index (χ4v) is 1.85. The van der Waals surface area contributed by atoms with Crippen LogP contribution in [-0.2, 0) is 4.79 Å². The van der Waals surface area contributed by atoms with Crippen molar-refractivity contribution in [2.45, 2.75) is 13.8 Å². The highest BCUT2D eigenvalue weighted by Gasteiger charge is 2.00. The Labute approximate surface area is 107 Å². The average molecular weight is 237 g/mol. The van der Waals surface area contributed by atoms with E-state index < -0.39 is 0 Å². The van der Waals surface area contributed by atoms with Gasteiger partial charge in [0, 0.05) is 12.5 Å². The highest BCUT2D eigenvalue weighted by Crippen LogP contribution is 2.20. The van der Waals surface area contributed by atoms with Crippen molar-refractivity contribution in [3.63, 3.8) is 0 Å². The number of hydrogen-bond donors (Lipinski definition) is 1. The van der Waals surface area contributed by atoms with Crippen molar-refractivity contribution in [3.8, 4) is 11.8 Å². The summed E-state index contributed by atoms with van der Waals surface area (Å²) in [5, 5.41) is 5.02.